The molecule has 0 saturated carbocycles. The minimum absolute atomic E-state index is 0.0149. The van der Waals surface area contributed by atoms with Crippen LogP contribution in [0.2, 0.25) is 0 Å². The lowest BCUT2D eigenvalue weighted by atomic mass is 10.2. The zero-order valence-electron chi connectivity index (χ0n) is 14.6. The summed E-state index contributed by atoms with van der Waals surface area (Å²) in [5, 5.41) is 5.52. The SMILES string of the molecule is CN(C)CCCNc1nc(NCc2ccccc2F)cc(C(F)(F)F)n1. The van der Waals surface area contributed by atoms with Crippen molar-refractivity contribution in [2.45, 2.75) is 19.1 Å². The van der Waals surface area contributed by atoms with E-state index < -0.39 is 17.7 Å². The Hall–Kier alpha value is -2.42. The Labute approximate surface area is 149 Å². The van der Waals surface area contributed by atoms with Gasteiger partial charge in [-0.3, -0.25) is 0 Å². The van der Waals surface area contributed by atoms with Crippen LogP contribution < -0.4 is 10.6 Å². The van der Waals surface area contributed by atoms with Crippen LogP contribution in [0.5, 0.6) is 0 Å². The number of benzene rings is 1. The molecule has 0 saturated heterocycles. The molecule has 9 heteroatoms. The van der Waals surface area contributed by atoms with Crippen molar-refractivity contribution in [1.82, 2.24) is 14.9 Å². The van der Waals surface area contributed by atoms with Crippen LogP contribution in [0.25, 0.3) is 0 Å². The highest BCUT2D eigenvalue weighted by atomic mass is 19.4. The van der Waals surface area contributed by atoms with E-state index >= 15 is 0 Å². The van der Waals surface area contributed by atoms with Crippen molar-refractivity contribution in [1.29, 1.82) is 0 Å². The number of aromatic nitrogens is 2. The number of nitrogens with one attached hydrogen (secondary N) is 2. The van der Waals surface area contributed by atoms with Gasteiger partial charge in [-0.25, -0.2) is 9.37 Å². The van der Waals surface area contributed by atoms with Crippen molar-refractivity contribution in [3.8, 4) is 0 Å². The molecule has 1 aromatic carbocycles. The first-order chi connectivity index (χ1) is 12.3. The summed E-state index contributed by atoms with van der Waals surface area (Å²) in [7, 11) is 3.82. The summed E-state index contributed by atoms with van der Waals surface area (Å²) in [5.74, 6) is -0.576. The van der Waals surface area contributed by atoms with E-state index in [0.717, 1.165) is 19.0 Å². The normalized spacial score (nSPS) is 11.7. The molecule has 2 N–H and O–H groups in total. The van der Waals surface area contributed by atoms with Crippen molar-refractivity contribution in [3.05, 3.63) is 47.4 Å². The number of nitrogens with zero attached hydrogens (tertiary/aromatic N) is 3. The fourth-order valence-corrected chi connectivity index (χ4v) is 2.19. The third kappa shape index (κ3) is 6.14. The van der Waals surface area contributed by atoms with Crippen LogP contribution >= 0.6 is 0 Å². The molecule has 0 unspecified atom stereocenters. The van der Waals surface area contributed by atoms with Gasteiger partial charge in [0, 0.05) is 24.7 Å². The standard InChI is InChI=1S/C17H21F4N5/c1-26(2)9-5-8-22-16-24-14(17(19,20)21)10-15(25-16)23-11-12-6-3-4-7-13(12)18/h3-4,6-7,10H,5,8-9,11H2,1-2H3,(H2,22,23,24,25). The van der Waals surface area contributed by atoms with E-state index in [-0.39, 0.29) is 18.3 Å². The molecule has 0 radical (unpaired) electrons. The Morgan fingerprint density at radius 1 is 1.08 bits per heavy atom. The largest absolute Gasteiger partial charge is 0.433 e. The lowest BCUT2D eigenvalue weighted by Crippen LogP contribution is -2.18. The number of anilines is 2. The Morgan fingerprint density at radius 2 is 1.81 bits per heavy atom. The molecule has 0 atom stereocenters. The zero-order chi connectivity index (χ0) is 19.2. The molecule has 1 heterocycles. The number of halogens is 4. The molecule has 142 valence electrons. The maximum Gasteiger partial charge on any atom is 0.433 e. The fraction of sp³-hybridized carbons (Fsp3) is 0.412. The summed E-state index contributed by atoms with van der Waals surface area (Å²) in [5.41, 5.74) is -0.723. The molecule has 0 aliphatic carbocycles. The number of alkyl halides is 3. The predicted molar refractivity (Wildman–Crippen MR) is 92.4 cm³/mol. The van der Waals surface area contributed by atoms with Crippen LogP contribution in [0.3, 0.4) is 0 Å². The van der Waals surface area contributed by atoms with E-state index in [4.69, 9.17) is 0 Å². The topological polar surface area (TPSA) is 53.1 Å². The van der Waals surface area contributed by atoms with Crippen molar-refractivity contribution >= 4 is 11.8 Å². The van der Waals surface area contributed by atoms with Gasteiger partial charge in [-0.2, -0.15) is 18.2 Å². The zero-order valence-corrected chi connectivity index (χ0v) is 14.6. The van der Waals surface area contributed by atoms with Crippen LogP contribution in [0.15, 0.2) is 30.3 Å². The van der Waals surface area contributed by atoms with Gasteiger partial charge in [-0.15, -0.1) is 0 Å². The minimum Gasteiger partial charge on any atom is -0.366 e. The van der Waals surface area contributed by atoms with E-state index in [1.54, 1.807) is 18.2 Å². The summed E-state index contributed by atoms with van der Waals surface area (Å²) in [4.78, 5) is 9.53. The van der Waals surface area contributed by atoms with Crippen LogP contribution in [-0.2, 0) is 12.7 Å². The molecular weight excluding hydrogens is 350 g/mol. The first kappa shape index (κ1) is 19.9. The molecule has 0 aliphatic heterocycles. The van der Waals surface area contributed by atoms with Gasteiger partial charge in [-0.1, -0.05) is 18.2 Å². The maximum atomic E-state index is 13.6. The number of hydrogen-bond acceptors (Lipinski definition) is 5. The average Bonchev–Trinajstić information content (AvgIpc) is 2.57. The maximum absolute atomic E-state index is 13.6. The highest BCUT2D eigenvalue weighted by molar-refractivity contribution is 5.43. The summed E-state index contributed by atoms with van der Waals surface area (Å²) in [6, 6.07) is 6.84. The summed E-state index contributed by atoms with van der Waals surface area (Å²) in [6.07, 6.45) is -3.87. The molecular formula is C17H21F4N5. The fourth-order valence-electron chi connectivity index (χ4n) is 2.19. The molecule has 0 spiro atoms. The Bertz CT molecular complexity index is 719. The smallest absolute Gasteiger partial charge is 0.366 e. The summed E-state index contributed by atoms with van der Waals surface area (Å²) < 4.78 is 52.8. The second-order valence-corrected chi connectivity index (χ2v) is 5.99. The highest BCUT2D eigenvalue weighted by Crippen LogP contribution is 2.29. The van der Waals surface area contributed by atoms with Gasteiger partial charge in [0.1, 0.15) is 11.6 Å². The molecule has 5 nitrogen and oxygen atoms in total. The van der Waals surface area contributed by atoms with Crippen LogP contribution in [0.1, 0.15) is 17.7 Å². The first-order valence-electron chi connectivity index (χ1n) is 8.08. The molecule has 2 rings (SSSR count). The van der Waals surface area contributed by atoms with E-state index in [2.05, 4.69) is 20.6 Å². The lowest BCUT2D eigenvalue weighted by Gasteiger charge is -2.14. The Balaban J connectivity index is 2.11. The molecule has 0 bridgehead atoms. The van der Waals surface area contributed by atoms with Gasteiger partial charge in [0.25, 0.3) is 0 Å². The predicted octanol–water partition coefficient (Wildman–Crippen LogP) is 3.61. The number of hydrogen-bond donors (Lipinski definition) is 2. The third-order valence-electron chi connectivity index (χ3n) is 3.50. The Morgan fingerprint density at radius 3 is 2.46 bits per heavy atom. The summed E-state index contributed by atoms with van der Waals surface area (Å²) in [6.45, 7) is 1.23. The molecule has 0 fully saturated rings. The quantitative estimate of drug-likeness (QED) is 0.548. The second-order valence-electron chi connectivity index (χ2n) is 5.99. The van der Waals surface area contributed by atoms with Crippen LogP contribution in [-0.4, -0.2) is 42.1 Å². The molecule has 1 aromatic heterocycles. The first-order valence-corrected chi connectivity index (χ1v) is 8.08. The van der Waals surface area contributed by atoms with Gasteiger partial charge in [0.2, 0.25) is 5.95 Å². The van der Waals surface area contributed by atoms with E-state index in [1.807, 2.05) is 19.0 Å². The van der Waals surface area contributed by atoms with E-state index in [1.165, 1.54) is 6.07 Å². The minimum atomic E-state index is -4.60. The van der Waals surface area contributed by atoms with Gasteiger partial charge in [0.05, 0.1) is 0 Å². The van der Waals surface area contributed by atoms with Gasteiger partial charge < -0.3 is 15.5 Å². The van der Waals surface area contributed by atoms with Crippen molar-refractivity contribution in [2.75, 3.05) is 37.8 Å². The average molecular weight is 371 g/mol. The lowest BCUT2D eigenvalue weighted by molar-refractivity contribution is -0.141. The van der Waals surface area contributed by atoms with Crippen molar-refractivity contribution < 1.29 is 17.6 Å². The monoisotopic (exact) mass is 371 g/mol. The van der Waals surface area contributed by atoms with Crippen molar-refractivity contribution in [2.24, 2.45) is 0 Å². The second kappa shape index (κ2) is 8.79. The van der Waals surface area contributed by atoms with Gasteiger partial charge in [0.15, 0.2) is 5.69 Å². The molecule has 0 aliphatic rings. The molecule has 26 heavy (non-hydrogen) atoms. The van der Waals surface area contributed by atoms with Gasteiger partial charge >= 0.3 is 6.18 Å². The highest BCUT2D eigenvalue weighted by Gasteiger charge is 2.33. The van der Waals surface area contributed by atoms with Crippen molar-refractivity contribution in [3.63, 3.8) is 0 Å². The number of rotatable bonds is 8. The van der Waals surface area contributed by atoms with Crippen LogP contribution in [0, 0.1) is 5.82 Å². The summed E-state index contributed by atoms with van der Waals surface area (Å²) >= 11 is 0. The van der Waals surface area contributed by atoms with E-state index in [9.17, 15) is 17.6 Å². The molecule has 2 aromatic rings. The molecule has 0 amide bonds. The third-order valence-corrected chi connectivity index (χ3v) is 3.50. The van der Waals surface area contributed by atoms with E-state index in [0.29, 0.717) is 12.1 Å². The Kier molecular flexibility index (Phi) is 6.73. The van der Waals surface area contributed by atoms with Crippen LogP contribution in [0.4, 0.5) is 29.3 Å². The van der Waals surface area contributed by atoms with Gasteiger partial charge in [-0.05, 0) is 33.1 Å².